The fourth-order valence-corrected chi connectivity index (χ4v) is 1.86. The molecule has 0 aromatic heterocycles. The van der Waals surface area contributed by atoms with Crippen molar-refractivity contribution in [2.75, 3.05) is 13.4 Å². The Morgan fingerprint density at radius 3 is 2.57 bits per heavy atom. The summed E-state index contributed by atoms with van der Waals surface area (Å²) in [6, 6.07) is 4.02. The van der Waals surface area contributed by atoms with Crippen LogP contribution in [0.1, 0.15) is 5.56 Å². The van der Waals surface area contributed by atoms with E-state index in [1.165, 1.54) is 25.3 Å². The lowest BCUT2D eigenvalue weighted by Crippen LogP contribution is -2.03. The first kappa shape index (κ1) is 11.0. The van der Waals surface area contributed by atoms with E-state index in [4.69, 9.17) is 4.74 Å². The minimum absolute atomic E-state index is 0.131. The third-order valence-corrected chi connectivity index (χ3v) is 2.51. The van der Waals surface area contributed by atoms with Gasteiger partial charge in [-0.25, -0.2) is 12.8 Å². The summed E-state index contributed by atoms with van der Waals surface area (Å²) >= 11 is 0. The molecule has 5 heteroatoms. The van der Waals surface area contributed by atoms with Crippen molar-refractivity contribution in [2.24, 2.45) is 0 Å². The molecule has 0 atom stereocenters. The molecule has 14 heavy (non-hydrogen) atoms. The van der Waals surface area contributed by atoms with E-state index >= 15 is 0 Å². The molecule has 0 heterocycles. The third kappa shape index (κ3) is 2.99. The molecule has 0 amide bonds. The van der Waals surface area contributed by atoms with Crippen LogP contribution < -0.4 is 4.74 Å². The molecule has 0 fully saturated rings. The molecule has 0 aliphatic rings. The minimum Gasteiger partial charge on any atom is -0.497 e. The SMILES string of the molecule is COc1ccc(F)c(CS(C)(=O)=O)c1. The van der Waals surface area contributed by atoms with Crippen LogP contribution in [0.15, 0.2) is 18.2 Å². The molecule has 0 saturated carbocycles. The summed E-state index contributed by atoms with van der Waals surface area (Å²) in [7, 11) is -1.78. The second kappa shape index (κ2) is 3.96. The molecule has 78 valence electrons. The summed E-state index contributed by atoms with van der Waals surface area (Å²) in [5.41, 5.74) is 0.131. The topological polar surface area (TPSA) is 43.4 Å². The highest BCUT2D eigenvalue weighted by molar-refractivity contribution is 7.89. The molecule has 1 aromatic carbocycles. The van der Waals surface area contributed by atoms with Crippen LogP contribution in [0.5, 0.6) is 5.75 Å². The highest BCUT2D eigenvalue weighted by Crippen LogP contribution is 2.18. The Labute approximate surface area is 82.4 Å². The van der Waals surface area contributed by atoms with Crippen molar-refractivity contribution in [1.82, 2.24) is 0 Å². The van der Waals surface area contributed by atoms with Gasteiger partial charge in [0, 0.05) is 11.8 Å². The average Bonchev–Trinajstić information content (AvgIpc) is 2.06. The maximum Gasteiger partial charge on any atom is 0.151 e. The number of methoxy groups -OCH3 is 1. The van der Waals surface area contributed by atoms with Gasteiger partial charge < -0.3 is 4.74 Å². The molecular weight excluding hydrogens is 207 g/mol. The number of halogens is 1. The highest BCUT2D eigenvalue weighted by Gasteiger charge is 2.10. The molecule has 0 aliphatic heterocycles. The van der Waals surface area contributed by atoms with E-state index in [2.05, 4.69) is 0 Å². The van der Waals surface area contributed by atoms with Gasteiger partial charge in [-0.15, -0.1) is 0 Å². The quantitative estimate of drug-likeness (QED) is 0.769. The van der Waals surface area contributed by atoms with Crippen molar-refractivity contribution >= 4 is 9.84 Å². The van der Waals surface area contributed by atoms with E-state index in [9.17, 15) is 12.8 Å². The van der Waals surface area contributed by atoms with Crippen molar-refractivity contribution in [3.05, 3.63) is 29.6 Å². The summed E-state index contributed by atoms with van der Waals surface area (Å²) in [5.74, 6) is -0.392. The van der Waals surface area contributed by atoms with Crippen LogP contribution in [-0.2, 0) is 15.6 Å². The van der Waals surface area contributed by atoms with Crippen LogP contribution >= 0.6 is 0 Å². The number of rotatable bonds is 3. The molecule has 0 unspecified atom stereocenters. The predicted octanol–water partition coefficient (Wildman–Crippen LogP) is 1.38. The van der Waals surface area contributed by atoms with Gasteiger partial charge in [0.2, 0.25) is 0 Å². The van der Waals surface area contributed by atoms with E-state index in [-0.39, 0.29) is 11.3 Å². The standard InChI is InChI=1S/C9H11FO3S/c1-13-8-3-4-9(10)7(5-8)6-14(2,11)12/h3-5H,6H2,1-2H3. The van der Waals surface area contributed by atoms with E-state index in [1.54, 1.807) is 0 Å². The Balaban J connectivity index is 3.07. The van der Waals surface area contributed by atoms with Gasteiger partial charge in [-0.1, -0.05) is 0 Å². The minimum atomic E-state index is -3.22. The van der Waals surface area contributed by atoms with Gasteiger partial charge in [-0.3, -0.25) is 0 Å². The molecule has 0 radical (unpaired) electrons. The summed E-state index contributed by atoms with van der Waals surface area (Å²) in [6.07, 6.45) is 1.06. The van der Waals surface area contributed by atoms with Crippen molar-refractivity contribution < 1.29 is 17.5 Å². The van der Waals surface area contributed by atoms with E-state index in [1.807, 2.05) is 0 Å². The van der Waals surface area contributed by atoms with Crippen molar-refractivity contribution in [3.8, 4) is 5.75 Å². The van der Waals surface area contributed by atoms with Crippen LogP contribution in [-0.4, -0.2) is 21.8 Å². The van der Waals surface area contributed by atoms with Gasteiger partial charge in [0.1, 0.15) is 11.6 Å². The summed E-state index contributed by atoms with van der Waals surface area (Å²) < 4.78 is 39.9. The molecule has 0 bridgehead atoms. The van der Waals surface area contributed by atoms with Crippen LogP contribution in [0.3, 0.4) is 0 Å². The molecule has 1 rings (SSSR count). The summed E-state index contributed by atoms with van der Waals surface area (Å²) in [5, 5.41) is 0. The summed E-state index contributed by atoms with van der Waals surface area (Å²) in [4.78, 5) is 0. The number of hydrogen-bond acceptors (Lipinski definition) is 3. The predicted molar refractivity (Wildman–Crippen MR) is 51.5 cm³/mol. The fraction of sp³-hybridized carbons (Fsp3) is 0.333. The number of hydrogen-bond donors (Lipinski definition) is 0. The Bertz CT molecular complexity index is 426. The molecule has 0 aliphatic carbocycles. The summed E-state index contributed by atoms with van der Waals surface area (Å²) in [6.45, 7) is 0. The van der Waals surface area contributed by atoms with E-state index < -0.39 is 15.7 Å². The molecule has 0 N–H and O–H groups in total. The Hall–Kier alpha value is -1.10. The normalized spacial score (nSPS) is 11.4. The second-order valence-electron chi connectivity index (χ2n) is 3.03. The first-order valence-electron chi connectivity index (χ1n) is 3.92. The number of ether oxygens (including phenoxy) is 1. The molecule has 0 saturated heterocycles. The zero-order chi connectivity index (χ0) is 10.8. The number of benzene rings is 1. The Morgan fingerprint density at radius 1 is 1.43 bits per heavy atom. The number of sulfone groups is 1. The van der Waals surface area contributed by atoms with Gasteiger partial charge in [0.05, 0.1) is 12.9 Å². The van der Waals surface area contributed by atoms with Crippen LogP contribution in [0, 0.1) is 5.82 Å². The van der Waals surface area contributed by atoms with Crippen LogP contribution in [0.25, 0.3) is 0 Å². The van der Waals surface area contributed by atoms with Gasteiger partial charge >= 0.3 is 0 Å². The van der Waals surface area contributed by atoms with Crippen molar-refractivity contribution in [2.45, 2.75) is 5.75 Å². The maximum absolute atomic E-state index is 13.1. The molecule has 0 spiro atoms. The maximum atomic E-state index is 13.1. The highest BCUT2D eigenvalue weighted by atomic mass is 32.2. The Kier molecular flexibility index (Phi) is 3.10. The van der Waals surface area contributed by atoms with Gasteiger partial charge in [-0.05, 0) is 18.2 Å². The zero-order valence-electron chi connectivity index (χ0n) is 7.95. The van der Waals surface area contributed by atoms with E-state index in [0.717, 1.165) is 6.26 Å². The third-order valence-electron chi connectivity index (χ3n) is 1.67. The van der Waals surface area contributed by atoms with Crippen LogP contribution in [0.4, 0.5) is 4.39 Å². The van der Waals surface area contributed by atoms with E-state index in [0.29, 0.717) is 5.75 Å². The smallest absolute Gasteiger partial charge is 0.151 e. The zero-order valence-corrected chi connectivity index (χ0v) is 8.77. The van der Waals surface area contributed by atoms with Gasteiger partial charge in [0.25, 0.3) is 0 Å². The second-order valence-corrected chi connectivity index (χ2v) is 5.17. The largest absolute Gasteiger partial charge is 0.497 e. The van der Waals surface area contributed by atoms with Crippen molar-refractivity contribution in [3.63, 3.8) is 0 Å². The Morgan fingerprint density at radius 2 is 2.07 bits per heavy atom. The first-order chi connectivity index (χ1) is 6.42. The first-order valence-corrected chi connectivity index (χ1v) is 5.98. The van der Waals surface area contributed by atoms with Crippen molar-refractivity contribution in [1.29, 1.82) is 0 Å². The van der Waals surface area contributed by atoms with Crippen LogP contribution in [0.2, 0.25) is 0 Å². The lowest BCUT2D eigenvalue weighted by Gasteiger charge is -2.04. The van der Waals surface area contributed by atoms with Gasteiger partial charge in [-0.2, -0.15) is 0 Å². The van der Waals surface area contributed by atoms with Gasteiger partial charge in [0.15, 0.2) is 9.84 Å². The average molecular weight is 218 g/mol. The lowest BCUT2D eigenvalue weighted by atomic mass is 10.2. The lowest BCUT2D eigenvalue weighted by molar-refractivity contribution is 0.413. The molecular formula is C9H11FO3S. The molecule has 1 aromatic rings. The monoisotopic (exact) mass is 218 g/mol. The fourth-order valence-electron chi connectivity index (χ4n) is 1.07. The molecule has 3 nitrogen and oxygen atoms in total.